The zero-order chi connectivity index (χ0) is 15.6. The number of nitrogens with two attached hydrogens (primary N) is 1. The smallest absolute Gasteiger partial charge is 0.335 e. The number of rotatable bonds is 4. The van der Waals surface area contributed by atoms with E-state index >= 15 is 0 Å². The number of carbonyl (C=O) groups excluding carboxylic acids is 1. The minimum Gasteiger partial charge on any atom is -0.478 e. The molecule has 1 amide bonds. The summed E-state index contributed by atoms with van der Waals surface area (Å²) in [5.41, 5.74) is 7.29. The van der Waals surface area contributed by atoms with Crippen LogP contribution in [0.2, 0.25) is 0 Å². The molecule has 7 heteroatoms. The minimum atomic E-state index is -1.01. The van der Waals surface area contributed by atoms with Crippen LogP contribution in [0.15, 0.2) is 36.7 Å². The van der Waals surface area contributed by atoms with E-state index in [0.717, 1.165) is 0 Å². The van der Waals surface area contributed by atoms with Crippen molar-refractivity contribution in [2.24, 2.45) is 12.8 Å². The maximum Gasteiger partial charge on any atom is 0.335 e. The number of nitrogens with zero attached hydrogens (tertiary/aromatic N) is 3. The highest BCUT2D eigenvalue weighted by Gasteiger charge is 2.22. The molecule has 0 fully saturated rings. The number of anilines is 1. The first-order valence-corrected chi connectivity index (χ1v) is 6.25. The molecule has 0 saturated carbocycles. The van der Waals surface area contributed by atoms with Gasteiger partial charge in [0.05, 0.1) is 11.8 Å². The second kappa shape index (κ2) is 5.76. The lowest BCUT2D eigenvalue weighted by molar-refractivity contribution is -0.119. The van der Waals surface area contributed by atoms with Crippen molar-refractivity contribution in [1.29, 1.82) is 0 Å². The van der Waals surface area contributed by atoms with Crippen LogP contribution in [0, 0.1) is 0 Å². The summed E-state index contributed by atoms with van der Waals surface area (Å²) in [5.74, 6) is -1.31. The number of carboxylic acid groups (broad SMARTS) is 1. The Bertz CT molecular complexity index is 663. The monoisotopic (exact) mass is 288 g/mol. The molecule has 0 bridgehead atoms. The van der Waals surface area contributed by atoms with Crippen LogP contribution in [-0.2, 0) is 11.8 Å². The molecule has 21 heavy (non-hydrogen) atoms. The number of amides is 1. The van der Waals surface area contributed by atoms with Crippen molar-refractivity contribution in [1.82, 2.24) is 9.78 Å². The second-order valence-electron chi connectivity index (χ2n) is 4.67. The maximum atomic E-state index is 12.3. The summed E-state index contributed by atoms with van der Waals surface area (Å²) in [6.45, 7) is 0. The number of hydrogen-bond acceptors (Lipinski definition) is 4. The lowest BCUT2D eigenvalue weighted by Crippen LogP contribution is -2.35. The van der Waals surface area contributed by atoms with Gasteiger partial charge in [0.2, 0.25) is 5.91 Å². The molecule has 1 unspecified atom stereocenters. The predicted molar refractivity (Wildman–Crippen MR) is 76.9 cm³/mol. The fraction of sp³-hybridized carbons (Fsp3) is 0.214. The molecule has 1 heterocycles. The molecule has 110 valence electrons. The van der Waals surface area contributed by atoms with Crippen LogP contribution in [0.3, 0.4) is 0 Å². The van der Waals surface area contributed by atoms with Gasteiger partial charge in [-0.05, 0) is 24.3 Å². The van der Waals surface area contributed by atoms with E-state index in [1.54, 1.807) is 43.3 Å². The zero-order valence-corrected chi connectivity index (χ0v) is 11.7. The third-order valence-corrected chi connectivity index (χ3v) is 3.18. The van der Waals surface area contributed by atoms with E-state index in [9.17, 15) is 9.59 Å². The molecule has 7 nitrogen and oxygen atoms in total. The zero-order valence-electron chi connectivity index (χ0n) is 11.7. The van der Waals surface area contributed by atoms with Gasteiger partial charge in [0.25, 0.3) is 0 Å². The number of aromatic nitrogens is 2. The van der Waals surface area contributed by atoms with Crippen molar-refractivity contribution in [3.05, 3.63) is 47.8 Å². The lowest BCUT2D eigenvalue weighted by Gasteiger charge is -2.21. The number of aryl methyl sites for hydroxylation is 1. The Morgan fingerprint density at radius 1 is 1.33 bits per heavy atom. The highest BCUT2D eigenvalue weighted by molar-refractivity contribution is 5.97. The summed E-state index contributed by atoms with van der Waals surface area (Å²) in [6, 6.07) is 5.20. The molecule has 0 aliphatic rings. The first-order valence-electron chi connectivity index (χ1n) is 6.25. The van der Waals surface area contributed by atoms with E-state index in [2.05, 4.69) is 5.10 Å². The van der Waals surface area contributed by atoms with Gasteiger partial charge in [0.1, 0.15) is 6.04 Å². The first kappa shape index (κ1) is 14.7. The molecule has 0 aliphatic carbocycles. The Kier molecular flexibility index (Phi) is 4.04. The van der Waals surface area contributed by atoms with Crippen LogP contribution >= 0.6 is 0 Å². The molecule has 0 spiro atoms. The summed E-state index contributed by atoms with van der Waals surface area (Å²) < 4.78 is 1.57. The lowest BCUT2D eigenvalue weighted by atomic mass is 10.1. The largest absolute Gasteiger partial charge is 0.478 e. The van der Waals surface area contributed by atoms with Gasteiger partial charge in [-0.3, -0.25) is 9.48 Å². The number of aromatic carboxylic acids is 1. The third kappa shape index (κ3) is 3.09. The molecular weight excluding hydrogens is 272 g/mol. The van der Waals surface area contributed by atoms with E-state index in [4.69, 9.17) is 10.8 Å². The van der Waals surface area contributed by atoms with Crippen molar-refractivity contribution >= 4 is 17.6 Å². The summed E-state index contributed by atoms with van der Waals surface area (Å²) in [7, 11) is 3.34. The molecule has 1 aromatic heterocycles. The normalized spacial score (nSPS) is 12.0. The molecule has 0 radical (unpaired) electrons. The second-order valence-corrected chi connectivity index (χ2v) is 4.67. The molecule has 2 rings (SSSR count). The maximum absolute atomic E-state index is 12.3. The molecule has 3 N–H and O–H groups in total. The standard InChI is InChI=1S/C14H16N4O3/c1-17-8-10(7-16-17)12(15)13(19)18(2)11-5-3-9(4-6-11)14(20)21/h3-8,12H,15H2,1-2H3,(H,20,21). The number of carbonyl (C=O) groups is 2. The number of hydrogen-bond donors (Lipinski definition) is 2. The quantitative estimate of drug-likeness (QED) is 0.865. The van der Waals surface area contributed by atoms with Gasteiger partial charge < -0.3 is 15.7 Å². The Labute approximate surface area is 121 Å². The molecule has 0 aliphatic heterocycles. The highest BCUT2D eigenvalue weighted by Crippen LogP contribution is 2.18. The number of carboxylic acids is 1. The van der Waals surface area contributed by atoms with Crippen molar-refractivity contribution in [3.8, 4) is 0 Å². The Balaban J connectivity index is 2.16. The van der Waals surface area contributed by atoms with Crippen LogP contribution in [-0.4, -0.2) is 33.8 Å². The van der Waals surface area contributed by atoms with Crippen molar-refractivity contribution in [3.63, 3.8) is 0 Å². The number of benzene rings is 1. The van der Waals surface area contributed by atoms with Gasteiger partial charge in [0, 0.05) is 31.5 Å². The highest BCUT2D eigenvalue weighted by atomic mass is 16.4. The molecule has 2 aromatic rings. The Hall–Kier alpha value is -2.67. The minimum absolute atomic E-state index is 0.163. The van der Waals surface area contributed by atoms with Gasteiger partial charge in [-0.2, -0.15) is 5.10 Å². The van der Waals surface area contributed by atoms with E-state index in [0.29, 0.717) is 11.3 Å². The summed E-state index contributed by atoms with van der Waals surface area (Å²) in [6.07, 6.45) is 3.23. The van der Waals surface area contributed by atoms with E-state index in [1.807, 2.05) is 0 Å². The van der Waals surface area contributed by atoms with Crippen LogP contribution in [0.4, 0.5) is 5.69 Å². The average Bonchev–Trinajstić information content (AvgIpc) is 2.91. The van der Waals surface area contributed by atoms with Gasteiger partial charge in [0.15, 0.2) is 0 Å². The summed E-state index contributed by atoms with van der Waals surface area (Å²) >= 11 is 0. The van der Waals surface area contributed by atoms with Crippen LogP contribution in [0.1, 0.15) is 22.0 Å². The fourth-order valence-electron chi connectivity index (χ4n) is 1.91. The van der Waals surface area contributed by atoms with Crippen molar-refractivity contribution in [2.75, 3.05) is 11.9 Å². The average molecular weight is 288 g/mol. The Morgan fingerprint density at radius 3 is 2.43 bits per heavy atom. The fourth-order valence-corrected chi connectivity index (χ4v) is 1.91. The van der Waals surface area contributed by atoms with E-state index < -0.39 is 12.0 Å². The van der Waals surface area contributed by atoms with Crippen LogP contribution in [0.5, 0.6) is 0 Å². The van der Waals surface area contributed by atoms with Gasteiger partial charge >= 0.3 is 5.97 Å². The molecule has 1 aromatic carbocycles. The number of likely N-dealkylation sites (N-methyl/N-ethyl adjacent to an activating group) is 1. The van der Waals surface area contributed by atoms with Gasteiger partial charge in [-0.25, -0.2) is 4.79 Å². The van der Waals surface area contributed by atoms with E-state index in [-0.39, 0.29) is 11.5 Å². The third-order valence-electron chi connectivity index (χ3n) is 3.18. The molecule has 1 atom stereocenters. The topological polar surface area (TPSA) is 101 Å². The van der Waals surface area contributed by atoms with E-state index in [1.165, 1.54) is 17.0 Å². The van der Waals surface area contributed by atoms with Crippen LogP contribution in [0.25, 0.3) is 0 Å². The molecule has 0 saturated heterocycles. The Morgan fingerprint density at radius 2 is 1.95 bits per heavy atom. The van der Waals surface area contributed by atoms with Gasteiger partial charge in [-0.15, -0.1) is 0 Å². The van der Waals surface area contributed by atoms with Crippen molar-refractivity contribution in [2.45, 2.75) is 6.04 Å². The van der Waals surface area contributed by atoms with Crippen molar-refractivity contribution < 1.29 is 14.7 Å². The van der Waals surface area contributed by atoms with Gasteiger partial charge in [-0.1, -0.05) is 0 Å². The predicted octanol–water partition coefficient (Wildman–Crippen LogP) is 0.781. The SMILES string of the molecule is CN(C(=O)C(N)c1cnn(C)c1)c1ccc(C(=O)O)cc1. The molecular formula is C14H16N4O3. The summed E-state index contributed by atoms with van der Waals surface area (Å²) in [5, 5.41) is 12.8. The van der Waals surface area contributed by atoms with Crippen LogP contribution < -0.4 is 10.6 Å². The first-order chi connectivity index (χ1) is 9.90. The summed E-state index contributed by atoms with van der Waals surface area (Å²) in [4.78, 5) is 24.5.